The summed E-state index contributed by atoms with van der Waals surface area (Å²) in [6.45, 7) is 6.34. The monoisotopic (exact) mass is 322 g/mol. The van der Waals surface area contributed by atoms with Crippen molar-refractivity contribution in [2.24, 2.45) is 4.99 Å². The summed E-state index contributed by atoms with van der Waals surface area (Å²) < 4.78 is 0. The zero-order valence-electron chi connectivity index (χ0n) is 13.7. The van der Waals surface area contributed by atoms with Crippen molar-refractivity contribution in [3.63, 3.8) is 0 Å². The molecule has 5 nitrogen and oxygen atoms in total. The molecule has 1 amide bonds. The molecular weight excluding hydrogens is 296 g/mol. The van der Waals surface area contributed by atoms with E-state index in [-0.39, 0.29) is 11.9 Å². The van der Waals surface area contributed by atoms with Crippen LogP contribution in [0, 0.1) is 6.92 Å². The third-order valence-electron chi connectivity index (χ3n) is 3.78. The maximum absolute atomic E-state index is 12.0. The smallest absolute Gasteiger partial charge is 0.241 e. The quantitative estimate of drug-likeness (QED) is 0.642. The molecule has 1 fully saturated rings. The SMILES string of the molecule is CN=C(NCC(=O)N1CCCC1)NC(C)Cc1ccc(C)s1. The van der Waals surface area contributed by atoms with Gasteiger partial charge in [-0.25, -0.2) is 0 Å². The van der Waals surface area contributed by atoms with Gasteiger partial charge >= 0.3 is 0 Å². The molecule has 0 aromatic carbocycles. The summed E-state index contributed by atoms with van der Waals surface area (Å²) in [6, 6.07) is 4.59. The molecule has 0 radical (unpaired) electrons. The first-order valence-corrected chi connectivity index (χ1v) is 8.70. The van der Waals surface area contributed by atoms with Crippen molar-refractivity contribution >= 4 is 23.2 Å². The van der Waals surface area contributed by atoms with Gasteiger partial charge in [0.25, 0.3) is 0 Å². The summed E-state index contributed by atoms with van der Waals surface area (Å²) >= 11 is 1.82. The molecule has 0 spiro atoms. The minimum Gasteiger partial charge on any atom is -0.354 e. The molecule has 1 aromatic rings. The lowest BCUT2D eigenvalue weighted by molar-refractivity contribution is -0.128. The largest absolute Gasteiger partial charge is 0.354 e. The number of hydrogen-bond acceptors (Lipinski definition) is 3. The highest BCUT2D eigenvalue weighted by molar-refractivity contribution is 7.11. The molecule has 2 N–H and O–H groups in total. The number of carbonyl (C=O) groups excluding carboxylic acids is 1. The normalized spacial score (nSPS) is 16.7. The fraction of sp³-hybridized carbons (Fsp3) is 0.625. The van der Waals surface area contributed by atoms with Gasteiger partial charge in [0, 0.05) is 42.4 Å². The van der Waals surface area contributed by atoms with Crippen LogP contribution >= 0.6 is 11.3 Å². The molecule has 0 aliphatic carbocycles. The van der Waals surface area contributed by atoms with Crippen LogP contribution in [0.1, 0.15) is 29.5 Å². The highest BCUT2D eigenvalue weighted by Gasteiger charge is 2.18. The average molecular weight is 322 g/mol. The molecule has 0 bridgehead atoms. The van der Waals surface area contributed by atoms with Gasteiger partial charge in [0.15, 0.2) is 5.96 Å². The number of likely N-dealkylation sites (tertiary alicyclic amines) is 1. The van der Waals surface area contributed by atoms with Crippen LogP contribution in [-0.2, 0) is 11.2 Å². The second kappa shape index (κ2) is 8.17. The fourth-order valence-corrected chi connectivity index (χ4v) is 3.63. The highest BCUT2D eigenvalue weighted by Crippen LogP contribution is 2.16. The van der Waals surface area contributed by atoms with Gasteiger partial charge in [-0.3, -0.25) is 9.79 Å². The summed E-state index contributed by atoms with van der Waals surface area (Å²) in [5.74, 6) is 0.843. The van der Waals surface area contributed by atoms with Crippen molar-refractivity contribution in [2.75, 3.05) is 26.7 Å². The molecule has 1 aliphatic rings. The van der Waals surface area contributed by atoms with Crippen molar-refractivity contribution in [2.45, 2.75) is 39.2 Å². The number of aryl methyl sites for hydroxylation is 1. The first-order chi connectivity index (χ1) is 10.6. The predicted molar refractivity (Wildman–Crippen MR) is 92.5 cm³/mol. The van der Waals surface area contributed by atoms with E-state index in [9.17, 15) is 4.79 Å². The number of hydrogen-bond donors (Lipinski definition) is 2. The Morgan fingerprint density at radius 2 is 2.14 bits per heavy atom. The Kier molecular flexibility index (Phi) is 6.24. The van der Waals surface area contributed by atoms with Gasteiger partial charge in [-0.2, -0.15) is 0 Å². The third-order valence-corrected chi connectivity index (χ3v) is 4.80. The Morgan fingerprint density at radius 3 is 2.73 bits per heavy atom. The second-order valence-electron chi connectivity index (χ2n) is 5.78. The molecule has 1 atom stereocenters. The van der Waals surface area contributed by atoms with Crippen LogP contribution in [0.3, 0.4) is 0 Å². The minimum absolute atomic E-state index is 0.155. The van der Waals surface area contributed by atoms with Crippen LogP contribution in [0.2, 0.25) is 0 Å². The molecule has 1 saturated heterocycles. The zero-order chi connectivity index (χ0) is 15.9. The molecule has 1 unspecified atom stereocenters. The lowest BCUT2D eigenvalue weighted by Crippen LogP contribution is -2.47. The predicted octanol–water partition coefficient (Wildman–Crippen LogP) is 1.77. The van der Waals surface area contributed by atoms with Crippen LogP contribution in [0.25, 0.3) is 0 Å². The van der Waals surface area contributed by atoms with Crippen molar-refractivity contribution in [1.29, 1.82) is 0 Å². The number of rotatable bonds is 5. The van der Waals surface area contributed by atoms with E-state index in [1.165, 1.54) is 9.75 Å². The molecule has 122 valence electrons. The van der Waals surface area contributed by atoms with Crippen LogP contribution in [0.15, 0.2) is 17.1 Å². The lowest BCUT2D eigenvalue weighted by Gasteiger charge is -2.19. The Morgan fingerprint density at radius 1 is 1.41 bits per heavy atom. The summed E-state index contributed by atoms with van der Waals surface area (Å²) in [4.78, 5) is 20.8. The molecule has 0 saturated carbocycles. The van der Waals surface area contributed by atoms with E-state index in [4.69, 9.17) is 0 Å². The van der Waals surface area contributed by atoms with Gasteiger partial charge in [0.2, 0.25) is 5.91 Å². The minimum atomic E-state index is 0.155. The summed E-state index contributed by atoms with van der Waals surface area (Å²) in [6.07, 6.45) is 3.20. The fourth-order valence-electron chi connectivity index (χ4n) is 2.61. The summed E-state index contributed by atoms with van der Waals surface area (Å²) in [5, 5.41) is 6.46. The summed E-state index contributed by atoms with van der Waals surface area (Å²) in [7, 11) is 1.73. The van der Waals surface area contributed by atoms with E-state index in [0.29, 0.717) is 12.5 Å². The van der Waals surface area contributed by atoms with Gasteiger partial charge in [-0.05, 0) is 38.8 Å². The van der Waals surface area contributed by atoms with Gasteiger partial charge in [-0.1, -0.05) is 0 Å². The number of carbonyl (C=O) groups is 1. The number of amides is 1. The first-order valence-electron chi connectivity index (χ1n) is 7.88. The second-order valence-corrected chi connectivity index (χ2v) is 7.15. The number of nitrogens with one attached hydrogen (secondary N) is 2. The topological polar surface area (TPSA) is 56.7 Å². The van der Waals surface area contributed by atoms with Gasteiger partial charge in [0.05, 0.1) is 6.54 Å². The van der Waals surface area contributed by atoms with E-state index in [2.05, 4.69) is 41.6 Å². The molecule has 22 heavy (non-hydrogen) atoms. The molecule has 1 aromatic heterocycles. The number of guanidine groups is 1. The first kappa shape index (κ1) is 16.8. The van der Waals surface area contributed by atoms with Crippen LogP contribution in [0.4, 0.5) is 0 Å². The molecular formula is C16H26N4OS. The van der Waals surface area contributed by atoms with E-state index in [1.807, 2.05) is 16.2 Å². The highest BCUT2D eigenvalue weighted by atomic mass is 32.1. The van der Waals surface area contributed by atoms with Gasteiger partial charge < -0.3 is 15.5 Å². The number of aliphatic imine (C=N–C) groups is 1. The van der Waals surface area contributed by atoms with E-state index in [1.54, 1.807) is 7.05 Å². The molecule has 6 heteroatoms. The average Bonchev–Trinajstić information content (AvgIpc) is 3.14. The van der Waals surface area contributed by atoms with E-state index < -0.39 is 0 Å². The molecule has 2 rings (SSSR count). The van der Waals surface area contributed by atoms with E-state index in [0.717, 1.165) is 32.4 Å². The van der Waals surface area contributed by atoms with Crippen molar-refractivity contribution in [1.82, 2.24) is 15.5 Å². The van der Waals surface area contributed by atoms with Crippen molar-refractivity contribution in [3.8, 4) is 0 Å². The van der Waals surface area contributed by atoms with Crippen molar-refractivity contribution in [3.05, 3.63) is 21.9 Å². The maximum atomic E-state index is 12.0. The van der Waals surface area contributed by atoms with Crippen molar-refractivity contribution < 1.29 is 4.79 Å². The Bertz CT molecular complexity index is 520. The van der Waals surface area contributed by atoms with Crippen LogP contribution in [-0.4, -0.2) is 49.5 Å². The standard InChI is InChI=1S/C16H26N4OS/c1-12(10-14-7-6-13(2)22-14)19-16(17-3)18-11-15(21)20-8-4-5-9-20/h6-7,12H,4-5,8-11H2,1-3H3,(H2,17,18,19). The maximum Gasteiger partial charge on any atom is 0.241 e. The molecule has 1 aliphatic heterocycles. The van der Waals surface area contributed by atoms with Crippen LogP contribution in [0.5, 0.6) is 0 Å². The Balaban J connectivity index is 1.75. The Labute approximate surface area is 136 Å². The Hall–Kier alpha value is -1.56. The number of nitrogens with zero attached hydrogens (tertiary/aromatic N) is 2. The van der Waals surface area contributed by atoms with Gasteiger partial charge in [0.1, 0.15) is 0 Å². The van der Waals surface area contributed by atoms with Crippen LogP contribution < -0.4 is 10.6 Å². The van der Waals surface area contributed by atoms with E-state index >= 15 is 0 Å². The summed E-state index contributed by atoms with van der Waals surface area (Å²) in [5.41, 5.74) is 0. The number of thiophene rings is 1. The lowest BCUT2D eigenvalue weighted by atomic mass is 10.2. The molecule has 2 heterocycles. The third kappa shape index (κ3) is 5.02. The zero-order valence-corrected chi connectivity index (χ0v) is 14.5. The van der Waals surface area contributed by atoms with Gasteiger partial charge in [-0.15, -0.1) is 11.3 Å².